The number of hydrogen-bond donors (Lipinski definition) is 0. The predicted octanol–water partition coefficient (Wildman–Crippen LogP) is 5.22. The van der Waals surface area contributed by atoms with Crippen molar-refractivity contribution < 1.29 is 18.7 Å². The fourth-order valence-corrected chi connectivity index (χ4v) is 8.67. The number of piperidine rings is 1. The number of alkyl halides is 1. The molecule has 5 unspecified atom stereocenters. The third kappa shape index (κ3) is 3.18. The van der Waals surface area contributed by atoms with Crippen molar-refractivity contribution in [2.45, 2.75) is 56.0 Å². The molecule has 1 saturated heterocycles. The number of ether oxygens (including phenoxy) is 2. The van der Waals surface area contributed by atoms with E-state index in [1.807, 2.05) is 42.3 Å². The molecule has 0 aromatic heterocycles. The number of carbonyl (C=O) groups excluding carboxylic acids is 1. The summed E-state index contributed by atoms with van der Waals surface area (Å²) >= 11 is 0. The van der Waals surface area contributed by atoms with E-state index in [1.165, 1.54) is 11.1 Å². The van der Waals surface area contributed by atoms with Crippen molar-refractivity contribution in [3.8, 4) is 11.5 Å². The van der Waals surface area contributed by atoms with E-state index in [0.717, 1.165) is 50.8 Å². The summed E-state index contributed by atoms with van der Waals surface area (Å²) in [5, 5.41) is 0. The maximum absolute atomic E-state index is 13.6. The van der Waals surface area contributed by atoms with Crippen LogP contribution in [0.4, 0.5) is 9.18 Å². The van der Waals surface area contributed by atoms with Crippen LogP contribution in [0.3, 0.4) is 0 Å². The highest BCUT2D eigenvalue weighted by molar-refractivity contribution is 5.71. The first kappa shape index (κ1) is 22.8. The molecule has 6 heteroatoms. The Labute approximate surface area is 207 Å². The van der Waals surface area contributed by atoms with E-state index < -0.39 is 0 Å². The molecule has 2 saturated carbocycles. The molecule has 6 rings (SSSR count). The van der Waals surface area contributed by atoms with Gasteiger partial charge in [-0.25, -0.2) is 9.18 Å². The highest BCUT2D eigenvalue weighted by Crippen LogP contribution is 2.72. The second-order valence-electron chi connectivity index (χ2n) is 10.9. The van der Waals surface area contributed by atoms with Gasteiger partial charge in [0.25, 0.3) is 0 Å². The summed E-state index contributed by atoms with van der Waals surface area (Å²) in [7, 11) is 3.64. The summed E-state index contributed by atoms with van der Waals surface area (Å²) in [6.07, 6.45) is 5.94. The van der Waals surface area contributed by atoms with Crippen molar-refractivity contribution >= 4 is 6.09 Å². The first-order valence-corrected chi connectivity index (χ1v) is 13.0. The van der Waals surface area contributed by atoms with Gasteiger partial charge < -0.3 is 14.4 Å². The third-order valence-electron chi connectivity index (χ3n) is 9.96. The number of benzene rings is 2. The zero-order chi connectivity index (χ0) is 24.2. The highest BCUT2D eigenvalue weighted by Gasteiger charge is 2.71. The van der Waals surface area contributed by atoms with Crippen LogP contribution in [-0.4, -0.2) is 61.9 Å². The Bertz CT molecular complexity index is 1110. The molecular weight excluding hydrogens is 443 g/mol. The van der Waals surface area contributed by atoms with Gasteiger partial charge in [-0.1, -0.05) is 24.3 Å². The van der Waals surface area contributed by atoms with Crippen LogP contribution in [0.2, 0.25) is 0 Å². The summed E-state index contributed by atoms with van der Waals surface area (Å²) in [6, 6.07) is 16.4. The van der Waals surface area contributed by atoms with Crippen molar-refractivity contribution in [2.24, 2.45) is 11.3 Å². The molecule has 1 heterocycles. The normalized spacial score (nSPS) is 32.9. The summed E-state index contributed by atoms with van der Waals surface area (Å²) in [4.78, 5) is 17.5. The number of rotatable bonds is 5. The van der Waals surface area contributed by atoms with Gasteiger partial charge in [0, 0.05) is 31.1 Å². The van der Waals surface area contributed by atoms with Crippen LogP contribution in [0.15, 0.2) is 48.5 Å². The first-order valence-electron chi connectivity index (χ1n) is 13.0. The minimum Gasteiger partial charge on any atom is -0.497 e. The zero-order valence-electron chi connectivity index (χ0n) is 20.7. The number of fused-ring (bicyclic) bond motifs is 1. The van der Waals surface area contributed by atoms with Gasteiger partial charge in [-0.15, -0.1) is 0 Å². The molecule has 5 nitrogen and oxygen atoms in total. The second-order valence-corrected chi connectivity index (χ2v) is 10.9. The molecule has 1 amide bonds. The highest BCUT2D eigenvalue weighted by atomic mass is 19.1. The van der Waals surface area contributed by atoms with E-state index in [9.17, 15) is 9.18 Å². The zero-order valence-corrected chi connectivity index (χ0v) is 20.7. The lowest BCUT2D eigenvalue weighted by Gasteiger charge is -2.66. The Hall–Kier alpha value is -2.60. The number of hydrogen-bond acceptors (Lipinski definition) is 4. The van der Waals surface area contributed by atoms with E-state index in [0.29, 0.717) is 24.3 Å². The van der Waals surface area contributed by atoms with Crippen LogP contribution in [0.25, 0.3) is 0 Å². The molecule has 35 heavy (non-hydrogen) atoms. The quantitative estimate of drug-likeness (QED) is 0.591. The maximum atomic E-state index is 13.6. The van der Waals surface area contributed by atoms with Crippen molar-refractivity contribution in [2.75, 3.05) is 33.9 Å². The van der Waals surface area contributed by atoms with Crippen molar-refractivity contribution in [3.05, 3.63) is 59.7 Å². The van der Waals surface area contributed by atoms with Crippen molar-refractivity contribution in [3.63, 3.8) is 0 Å². The molecule has 0 radical (unpaired) electrons. The number of para-hydroxylation sites is 1. The van der Waals surface area contributed by atoms with Crippen LogP contribution in [-0.2, 0) is 11.8 Å². The van der Waals surface area contributed by atoms with E-state index in [2.05, 4.69) is 23.1 Å². The molecular formula is C29H35FN2O3. The fraction of sp³-hybridized carbons (Fsp3) is 0.552. The lowest BCUT2D eigenvalue weighted by molar-refractivity contribution is -0.104. The summed E-state index contributed by atoms with van der Waals surface area (Å²) in [5.74, 6) is 1.83. The Morgan fingerprint density at radius 3 is 2.69 bits per heavy atom. The van der Waals surface area contributed by atoms with E-state index in [1.54, 1.807) is 7.11 Å². The van der Waals surface area contributed by atoms with E-state index in [-0.39, 0.29) is 29.6 Å². The molecule has 2 aromatic rings. The summed E-state index contributed by atoms with van der Waals surface area (Å²) < 4.78 is 25.0. The molecule has 0 spiro atoms. The van der Waals surface area contributed by atoms with Gasteiger partial charge in [0.2, 0.25) is 0 Å². The van der Waals surface area contributed by atoms with Crippen LogP contribution in [0.5, 0.6) is 11.5 Å². The molecule has 2 aromatic carbocycles. The summed E-state index contributed by atoms with van der Waals surface area (Å²) in [6.45, 7) is 1.13. The average molecular weight is 479 g/mol. The van der Waals surface area contributed by atoms with Crippen LogP contribution < -0.4 is 9.47 Å². The first-order chi connectivity index (χ1) is 17.0. The fourth-order valence-electron chi connectivity index (χ4n) is 8.67. The van der Waals surface area contributed by atoms with Crippen LogP contribution >= 0.6 is 0 Å². The van der Waals surface area contributed by atoms with Crippen LogP contribution in [0, 0.1) is 11.3 Å². The molecule has 4 bridgehead atoms. The lowest BCUT2D eigenvalue weighted by atomic mass is 9.43. The summed E-state index contributed by atoms with van der Waals surface area (Å²) in [5.41, 5.74) is 2.91. The van der Waals surface area contributed by atoms with Gasteiger partial charge in [0.15, 0.2) is 0 Å². The standard InChI is InChI=1S/C29H35FN2O3/c1-31(27(33)35-21-6-4-3-5-7-21)25-11-13-28-12-10-23(25)29(28)14-16-32(17-15-30)26(28)18-20-8-9-22(34-2)19-24(20)29/h3-9,19,23,25-26H,10-18H2,1-2H3. The smallest absolute Gasteiger partial charge is 0.415 e. The number of amides is 1. The number of likely N-dealkylation sites (tertiary alicyclic amines) is 1. The number of halogens is 1. The number of nitrogens with zero attached hydrogens (tertiary/aromatic N) is 2. The number of methoxy groups -OCH3 is 1. The van der Waals surface area contributed by atoms with Crippen molar-refractivity contribution in [1.82, 2.24) is 9.80 Å². The Balaban J connectivity index is 1.40. The van der Waals surface area contributed by atoms with Gasteiger partial charge in [-0.2, -0.15) is 0 Å². The molecule has 186 valence electrons. The van der Waals surface area contributed by atoms with Gasteiger partial charge in [-0.3, -0.25) is 4.90 Å². The van der Waals surface area contributed by atoms with Crippen molar-refractivity contribution in [1.29, 1.82) is 0 Å². The number of carbonyl (C=O) groups is 1. The molecule has 1 aliphatic heterocycles. The van der Waals surface area contributed by atoms with Gasteiger partial charge in [-0.05, 0) is 91.8 Å². The molecule has 5 atom stereocenters. The Kier molecular flexibility index (Phi) is 5.55. The maximum Gasteiger partial charge on any atom is 0.415 e. The molecule has 3 aliphatic carbocycles. The Morgan fingerprint density at radius 1 is 1.11 bits per heavy atom. The topological polar surface area (TPSA) is 42.0 Å². The SMILES string of the molecule is COc1ccc2c(c1)C13CCN(CCF)C(C2)C12CCC(N(C)C(=O)Oc1ccccc1)C3CC2. The predicted molar refractivity (Wildman–Crippen MR) is 133 cm³/mol. The molecule has 4 aliphatic rings. The second kappa shape index (κ2) is 8.51. The largest absolute Gasteiger partial charge is 0.497 e. The minimum atomic E-state index is -0.296. The monoisotopic (exact) mass is 478 g/mol. The van der Waals surface area contributed by atoms with Gasteiger partial charge in [0.1, 0.15) is 18.2 Å². The molecule has 0 N–H and O–H groups in total. The van der Waals surface area contributed by atoms with Gasteiger partial charge >= 0.3 is 6.09 Å². The van der Waals surface area contributed by atoms with E-state index >= 15 is 0 Å². The lowest BCUT2D eigenvalue weighted by Crippen LogP contribution is -2.70. The van der Waals surface area contributed by atoms with Crippen LogP contribution in [0.1, 0.15) is 43.2 Å². The van der Waals surface area contributed by atoms with Gasteiger partial charge in [0.05, 0.1) is 7.11 Å². The Morgan fingerprint density at radius 2 is 1.91 bits per heavy atom. The minimum absolute atomic E-state index is 0.0171. The average Bonchev–Trinajstić information content (AvgIpc) is 3.11. The molecule has 3 fully saturated rings. The third-order valence-corrected chi connectivity index (χ3v) is 9.96. The van der Waals surface area contributed by atoms with E-state index in [4.69, 9.17) is 9.47 Å².